The Morgan fingerprint density at radius 2 is 1.66 bits per heavy atom. The first-order chi connectivity index (χ1) is 14.1. The molecule has 0 atom stereocenters. The number of amides is 2. The lowest BCUT2D eigenvalue weighted by Crippen LogP contribution is -2.52. The van der Waals surface area contributed by atoms with Gasteiger partial charge in [0.15, 0.2) is 0 Å². The minimum Gasteiger partial charge on any atom is -0.353 e. The van der Waals surface area contributed by atoms with Crippen LogP contribution in [0.3, 0.4) is 0 Å². The number of piperidine rings is 1. The van der Waals surface area contributed by atoms with Gasteiger partial charge in [0.1, 0.15) is 0 Å². The van der Waals surface area contributed by atoms with Crippen LogP contribution in [0.2, 0.25) is 5.02 Å². The van der Waals surface area contributed by atoms with Gasteiger partial charge < -0.3 is 10.2 Å². The third kappa shape index (κ3) is 4.47. The lowest BCUT2D eigenvalue weighted by atomic mass is 9.77. The monoisotopic (exact) mass is 416 g/mol. The van der Waals surface area contributed by atoms with Crippen molar-refractivity contribution in [1.29, 1.82) is 0 Å². The molecule has 2 amide bonds. The van der Waals surface area contributed by atoms with E-state index in [1.165, 1.54) is 19.3 Å². The summed E-state index contributed by atoms with van der Waals surface area (Å²) in [7, 11) is 0. The maximum atomic E-state index is 13.6. The fourth-order valence-corrected chi connectivity index (χ4v) is 5.79. The van der Waals surface area contributed by atoms with Crippen molar-refractivity contribution in [1.82, 2.24) is 10.2 Å². The molecule has 29 heavy (non-hydrogen) atoms. The topological polar surface area (TPSA) is 49.4 Å². The van der Waals surface area contributed by atoms with Crippen LogP contribution in [0.5, 0.6) is 0 Å². The van der Waals surface area contributed by atoms with Crippen molar-refractivity contribution in [2.45, 2.75) is 82.1 Å². The highest BCUT2D eigenvalue weighted by Gasteiger charge is 2.45. The molecule has 0 aromatic heterocycles. The predicted octanol–water partition coefficient (Wildman–Crippen LogP) is 4.84. The maximum absolute atomic E-state index is 13.6. The molecule has 2 saturated carbocycles. The molecule has 0 bridgehead atoms. The van der Waals surface area contributed by atoms with E-state index in [0.717, 1.165) is 70.0 Å². The lowest BCUT2D eigenvalue weighted by molar-refractivity contribution is -0.138. The third-order valence-corrected chi connectivity index (χ3v) is 7.58. The van der Waals surface area contributed by atoms with Crippen molar-refractivity contribution < 1.29 is 9.59 Å². The SMILES string of the molecule is O=C(NC1CCN(C(=O)C2(c3cccc(Cl)c3)CCCC2)CC1)C1CCCCC1. The number of likely N-dealkylation sites (tertiary alicyclic amines) is 1. The van der Waals surface area contributed by atoms with E-state index in [4.69, 9.17) is 11.6 Å². The normalized spacial score (nSPS) is 23.1. The number of benzene rings is 1. The van der Waals surface area contributed by atoms with Crippen LogP contribution >= 0.6 is 11.6 Å². The molecule has 5 heteroatoms. The van der Waals surface area contributed by atoms with Crippen molar-refractivity contribution in [3.8, 4) is 0 Å². The molecule has 0 radical (unpaired) electrons. The summed E-state index contributed by atoms with van der Waals surface area (Å²) in [6.45, 7) is 1.47. The Morgan fingerprint density at radius 3 is 2.31 bits per heavy atom. The van der Waals surface area contributed by atoms with Gasteiger partial charge in [0, 0.05) is 30.1 Å². The molecule has 0 unspecified atom stereocenters. The molecule has 1 aromatic rings. The smallest absolute Gasteiger partial charge is 0.233 e. The van der Waals surface area contributed by atoms with E-state index in [1.807, 2.05) is 23.1 Å². The summed E-state index contributed by atoms with van der Waals surface area (Å²) in [5.41, 5.74) is 0.656. The Kier molecular flexibility index (Phi) is 6.48. The molecule has 3 aliphatic rings. The fourth-order valence-electron chi connectivity index (χ4n) is 5.60. The molecule has 2 aliphatic carbocycles. The lowest BCUT2D eigenvalue weighted by Gasteiger charge is -2.39. The van der Waals surface area contributed by atoms with E-state index >= 15 is 0 Å². The van der Waals surface area contributed by atoms with Crippen LogP contribution in [0.25, 0.3) is 0 Å². The molecule has 1 aliphatic heterocycles. The molecule has 1 N–H and O–H groups in total. The summed E-state index contributed by atoms with van der Waals surface area (Å²) in [4.78, 5) is 28.2. The summed E-state index contributed by atoms with van der Waals surface area (Å²) in [6, 6.07) is 8.07. The minimum atomic E-state index is -0.414. The summed E-state index contributed by atoms with van der Waals surface area (Å²) >= 11 is 6.24. The first kappa shape index (κ1) is 20.7. The number of nitrogens with one attached hydrogen (secondary N) is 1. The third-order valence-electron chi connectivity index (χ3n) is 7.35. The van der Waals surface area contributed by atoms with E-state index in [-0.39, 0.29) is 23.8 Å². The highest BCUT2D eigenvalue weighted by molar-refractivity contribution is 6.30. The second-order valence-electron chi connectivity index (χ2n) is 9.21. The Labute approximate surface area is 179 Å². The van der Waals surface area contributed by atoms with E-state index in [1.54, 1.807) is 0 Å². The van der Waals surface area contributed by atoms with E-state index < -0.39 is 5.41 Å². The van der Waals surface area contributed by atoms with Crippen molar-refractivity contribution in [2.24, 2.45) is 5.92 Å². The molecule has 4 nitrogen and oxygen atoms in total. The van der Waals surface area contributed by atoms with Crippen LogP contribution in [0.4, 0.5) is 0 Å². The summed E-state index contributed by atoms with van der Waals surface area (Å²) in [5, 5.41) is 3.97. The Bertz CT molecular complexity index is 730. The van der Waals surface area contributed by atoms with E-state index in [2.05, 4.69) is 11.4 Å². The average molecular weight is 417 g/mol. The highest BCUT2D eigenvalue weighted by atomic mass is 35.5. The highest BCUT2D eigenvalue weighted by Crippen LogP contribution is 2.43. The molecular weight excluding hydrogens is 384 g/mol. The summed E-state index contributed by atoms with van der Waals surface area (Å²) < 4.78 is 0. The molecule has 1 saturated heterocycles. The number of carbonyl (C=O) groups excluding carboxylic acids is 2. The first-order valence-corrected chi connectivity index (χ1v) is 11.8. The molecular formula is C24H33ClN2O2. The standard InChI is InChI=1S/C24H33ClN2O2/c25-20-10-6-9-19(17-20)24(13-4-5-14-24)23(29)27-15-11-21(12-16-27)26-22(28)18-7-2-1-3-8-18/h6,9-10,17-18,21H,1-5,7-8,11-16H2,(H,26,28). The van der Waals surface area contributed by atoms with Crippen LogP contribution in [-0.2, 0) is 15.0 Å². The second kappa shape index (κ2) is 9.07. The van der Waals surface area contributed by atoms with Crippen LogP contribution in [0.1, 0.15) is 76.2 Å². The molecule has 158 valence electrons. The van der Waals surface area contributed by atoms with Crippen LogP contribution in [0.15, 0.2) is 24.3 Å². The van der Waals surface area contributed by atoms with Gasteiger partial charge in [0.05, 0.1) is 5.41 Å². The van der Waals surface area contributed by atoms with Gasteiger partial charge in [-0.2, -0.15) is 0 Å². The molecule has 3 fully saturated rings. The number of carbonyl (C=O) groups is 2. The predicted molar refractivity (Wildman–Crippen MR) is 116 cm³/mol. The number of nitrogens with zero attached hydrogens (tertiary/aromatic N) is 1. The number of hydrogen-bond acceptors (Lipinski definition) is 2. The summed E-state index contributed by atoms with van der Waals surface area (Å²) in [6.07, 6.45) is 11.4. The van der Waals surface area contributed by atoms with Crippen LogP contribution in [-0.4, -0.2) is 35.8 Å². The zero-order valence-electron chi connectivity index (χ0n) is 17.3. The summed E-state index contributed by atoms with van der Waals surface area (Å²) in [5.74, 6) is 0.697. The first-order valence-electron chi connectivity index (χ1n) is 11.4. The van der Waals surface area contributed by atoms with Crippen molar-refractivity contribution in [2.75, 3.05) is 13.1 Å². The van der Waals surface area contributed by atoms with Crippen LogP contribution < -0.4 is 5.32 Å². The van der Waals surface area contributed by atoms with Gasteiger partial charge >= 0.3 is 0 Å². The average Bonchev–Trinajstić information content (AvgIpc) is 3.26. The fraction of sp³-hybridized carbons (Fsp3) is 0.667. The van der Waals surface area contributed by atoms with Gasteiger partial charge in [-0.1, -0.05) is 55.8 Å². The Balaban J connectivity index is 1.37. The van der Waals surface area contributed by atoms with Crippen molar-refractivity contribution in [3.63, 3.8) is 0 Å². The Morgan fingerprint density at radius 1 is 0.966 bits per heavy atom. The molecule has 0 spiro atoms. The second-order valence-corrected chi connectivity index (χ2v) is 9.65. The molecule has 1 heterocycles. The van der Waals surface area contributed by atoms with Gasteiger partial charge in [-0.25, -0.2) is 0 Å². The van der Waals surface area contributed by atoms with Gasteiger partial charge in [0.2, 0.25) is 11.8 Å². The number of rotatable bonds is 4. The Hall–Kier alpha value is -1.55. The van der Waals surface area contributed by atoms with Gasteiger partial charge in [-0.05, 0) is 56.2 Å². The van der Waals surface area contributed by atoms with Crippen molar-refractivity contribution in [3.05, 3.63) is 34.9 Å². The minimum absolute atomic E-state index is 0.202. The van der Waals surface area contributed by atoms with Gasteiger partial charge in [0.25, 0.3) is 0 Å². The zero-order valence-corrected chi connectivity index (χ0v) is 18.1. The van der Waals surface area contributed by atoms with Gasteiger partial charge in [-0.3, -0.25) is 9.59 Å². The van der Waals surface area contributed by atoms with Gasteiger partial charge in [-0.15, -0.1) is 0 Å². The van der Waals surface area contributed by atoms with E-state index in [0.29, 0.717) is 5.02 Å². The maximum Gasteiger partial charge on any atom is 0.233 e. The molecule has 4 rings (SSSR count). The molecule has 1 aromatic carbocycles. The zero-order chi connectivity index (χ0) is 20.3. The van der Waals surface area contributed by atoms with Crippen LogP contribution in [0, 0.1) is 5.92 Å². The quantitative estimate of drug-likeness (QED) is 0.763. The largest absolute Gasteiger partial charge is 0.353 e. The van der Waals surface area contributed by atoms with E-state index in [9.17, 15) is 9.59 Å². The number of halogens is 1. The number of hydrogen-bond donors (Lipinski definition) is 1. The van der Waals surface area contributed by atoms with Crippen molar-refractivity contribution >= 4 is 23.4 Å².